The standard InChI is InChI=1S/C17H13N3O3S2/c1-10-6-7-12(13(9-10)20(22)23)11(2)15-16(21)19(17(24)25-15)14-5-3-4-8-18-14/h3-9H,1-2H3/b15-11-. The summed E-state index contributed by atoms with van der Waals surface area (Å²) < 4.78 is 0.354. The summed E-state index contributed by atoms with van der Waals surface area (Å²) in [6, 6.07) is 10.2. The minimum atomic E-state index is -0.439. The monoisotopic (exact) mass is 371 g/mol. The van der Waals surface area contributed by atoms with Gasteiger partial charge in [-0.2, -0.15) is 0 Å². The molecule has 8 heteroatoms. The Hall–Kier alpha value is -2.58. The van der Waals surface area contributed by atoms with E-state index in [0.29, 0.717) is 26.2 Å². The first-order chi connectivity index (χ1) is 11.9. The third kappa shape index (κ3) is 3.18. The van der Waals surface area contributed by atoms with Crippen LogP contribution in [-0.4, -0.2) is 20.1 Å². The van der Waals surface area contributed by atoms with E-state index in [0.717, 1.165) is 17.3 Å². The van der Waals surface area contributed by atoms with Crippen LogP contribution in [0.1, 0.15) is 18.1 Å². The van der Waals surface area contributed by atoms with Gasteiger partial charge in [0.15, 0.2) is 4.32 Å². The smallest absolute Gasteiger partial charge is 0.268 e. The van der Waals surface area contributed by atoms with Crippen molar-refractivity contribution in [3.63, 3.8) is 0 Å². The zero-order chi connectivity index (χ0) is 18.1. The lowest BCUT2D eigenvalue weighted by Gasteiger charge is -2.12. The maximum atomic E-state index is 12.8. The predicted molar refractivity (Wildman–Crippen MR) is 102 cm³/mol. The molecule has 0 aliphatic carbocycles. The van der Waals surface area contributed by atoms with E-state index < -0.39 is 4.92 Å². The number of hydrogen-bond donors (Lipinski definition) is 0. The average Bonchev–Trinajstić information content (AvgIpc) is 2.89. The van der Waals surface area contributed by atoms with E-state index in [1.54, 1.807) is 50.4 Å². The van der Waals surface area contributed by atoms with Crippen LogP contribution in [0.25, 0.3) is 5.57 Å². The van der Waals surface area contributed by atoms with Gasteiger partial charge in [0.25, 0.3) is 11.6 Å². The summed E-state index contributed by atoms with van der Waals surface area (Å²) in [6.45, 7) is 3.48. The van der Waals surface area contributed by atoms with Crippen LogP contribution in [-0.2, 0) is 4.79 Å². The van der Waals surface area contributed by atoms with E-state index in [-0.39, 0.29) is 11.6 Å². The number of aryl methyl sites for hydroxylation is 1. The molecule has 0 unspecified atom stereocenters. The molecule has 126 valence electrons. The Morgan fingerprint density at radius 3 is 2.72 bits per heavy atom. The summed E-state index contributed by atoms with van der Waals surface area (Å²) >= 11 is 6.44. The second kappa shape index (κ2) is 6.73. The largest absolute Gasteiger partial charge is 0.277 e. The number of allylic oxidation sites excluding steroid dienone is 1. The Balaban J connectivity index is 2.09. The van der Waals surface area contributed by atoms with Crippen molar-refractivity contribution in [2.75, 3.05) is 4.90 Å². The van der Waals surface area contributed by atoms with Gasteiger partial charge in [0.1, 0.15) is 5.82 Å². The molecule has 0 N–H and O–H groups in total. The lowest BCUT2D eigenvalue weighted by molar-refractivity contribution is -0.385. The average molecular weight is 371 g/mol. The normalized spacial score (nSPS) is 16.3. The van der Waals surface area contributed by atoms with Gasteiger partial charge in [-0.3, -0.25) is 14.9 Å². The third-order valence-corrected chi connectivity index (χ3v) is 5.22. The van der Waals surface area contributed by atoms with Crippen molar-refractivity contribution >= 4 is 51.3 Å². The number of thioether (sulfide) groups is 1. The number of nitro benzene ring substituents is 1. The van der Waals surface area contributed by atoms with Crippen molar-refractivity contribution in [3.8, 4) is 0 Å². The number of nitrogens with zero attached hydrogens (tertiary/aromatic N) is 3. The van der Waals surface area contributed by atoms with Crippen LogP contribution in [0.5, 0.6) is 0 Å². The highest BCUT2D eigenvalue weighted by atomic mass is 32.2. The zero-order valence-corrected chi connectivity index (χ0v) is 15.1. The molecule has 1 aromatic heterocycles. The lowest BCUT2D eigenvalue weighted by Crippen LogP contribution is -2.28. The molecular formula is C17H13N3O3S2. The van der Waals surface area contributed by atoms with Crippen LogP contribution >= 0.6 is 24.0 Å². The first-order valence-electron chi connectivity index (χ1n) is 7.33. The van der Waals surface area contributed by atoms with Gasteiger partial charge < -0.3 is 0 Å². The second-order valence-corrected chi connectivity index (χ2v) is 7.07. The highest BCUT2D eigenvalue weighted by molar-refractivity contribution is 8.27. The van der Waals surface area contributed by atoms with Crippen LogP contribution < -0.4 is 4.90 Å². The number of hydrogen-bond acceptors (Lipinski definition) is 6. The van der Waals surface area contributed by atoms with E-state index in [1.165, 1.54) is 11.0 Å². The van der Waals surface area contributed by atoms with Gasteiger partial charge in [0, 0.05) is 12.3 Å². The SMILES string of the molecule is C/C(=C1/SC(=S)N(c2ccccn2)C1=O)c1ccc(C)cc1[N+](=O)[O-]. The van der Waals surface area contributed by atoms with E-state index in [9.17, 15) is 14.9 Å². The Morgan fingerprint density at radius 2 is 2.08 bits per heavy atom. The number of amides is 1. The van der Waals surface area contributed by atoms with Gasteiger partial charge in [0.2, 0.25) is 0 Å². The maximum Gasteiger partial charge on any atom is 0.277 e. The topological polar surface area (TPSA) is 76.3 Å². The van der Waals surface area contributed by atoms with Crippen molar-refractivity contribution in [2.45, 2.75) is 13.8 Å². The molecule has 2 heterocycles. The molecule has 1 saturated heterocycles. The summed E-state index contributed by atoms with van der Waals surface area (Å²) in [5.41, 5.74) is 1.70. The van der Waals surface area contributed by atoms with Crippen molar-refractivity contribution in [3.05, 3.63) is 68.7 Å². The van der Waals surface area contributed by atoms with Gasteiger partial charge in [-0.1, -0.05) is 36.1 Å². The number of pyridine rings is 1. The van der Waals surface area contributed by atoms with Crippen LogP contribution in [0.3, 0.4) is 0 Å². The molecule has 3 rings (SSSR count). The molecule has 1 fully saturated rings. The Kier molecular flexibility index (Phi) is 4.65. The quantitative estimate of drug-likeness (QED) is 0.350. The first kappa shape index (κ1) is 17.2. The number of benzene rings is 1. The molecule has 0 spiro atoms. The molecule has 0 bridgehead atoms. The van der Waals surface area contributed by atoms with E-state index in [2.05, 4.69) is 4.98 Å². The summed E-state index contributed by atoms with van der Waals surface area (Å²) in [5.74, 6) is 0.118. The molecular weight excluding hydrogens is 358 g/mol. The number of nitro groups is 1. The molecule has 1 aromatic carbocycles. The molecule has 1 amide bonds. The number of thiocarbonyl (C=S) groups is 1. The highest BCUT2D eigenvalue weighted by Crippen LogP contribution is 2.40. The van der Waals surface area contributed by atoms with Gasteiger partial charge in [-0.15, -0.1) is 0 Å². The van der Waals surface area contributed by atoms with Gasteiger partial charge >= 0.3 is 0 Å². The Bertz CT molecular complexity index is 926. The molecule has 0 radical (unpaired) electrons. The first-order valence-corrected chi connectivity index (χ1v) is 8.56. The Morgan fingerprint density at radius 1 is 1.32 bits per heavy atom. The summed E-state index contributed by atoms with van der Waals surface area (Å²) in [6.07, 6.45) is 1.58. The molecule has 0 atom stereocenters. The fraction of sp³-hybridized carbons (Fsp3) is 0.118. The summed E-state index contributed by atoms with van der Waals surface area (Å²) in [5, 5.41) is 11.4. The van der Waals surface area contributed by atoms with Crippen LogP contribution in [0.2, 0.25) is 0 Å². The molecule has 2 aromatic rings. The lowest BCUT2D eigenvalue weighted by atomic mass is 10.0. The van der Waals surface area contributed by atoms with Crippen molar-refractivity contribution in [1.29, 1.82) is 0 Å². The van der Waals surface area contributed by atoms with E-state index in [1.807, 2.05) is 0 Å². The van der Waals surface area contributed by atoms with Crippen LogP contribution in [0.15, 0.2) is 47.5 Å². The van der Waals surface area contributed by atoms with Gasteiger partial charge in [0.05, 0.1) is 15.4 Å². The number of carbonyl (C=O) groups excluding carboxylic acids is 1. The van der Waals surface area contributed by atoms with Crippen molar-refractivity contribution in [1.82, 2.24) is 4.98 Å². The van der Waals surface area contributed by atoms with Gasteiger partial charge in [-0.05, 0) is 43.2 Å². The summed E-state index contributed by atoms with van der Waals surface area (Å²) in [7, 11) is 0. The zero-order valence-electron chi connectivity index (χ0n) is 13.4. The minimum Gasteiger partial charge on any atom is -0.268 e. The van der Waals surface area contributed by atoms with Crippen molar-refractivity contribution in [2.24, 2.45) is 0 Å². The Labute approximate surface area is 153 Å². The molecule has 1 aliphatic heterocycles. The van der Waals surface area contributed by atoms with Crippen LogP contribution in [0.4, 0.5) is 11.5 Å². The fourth-order valence-electron chi connectivity index (χ4n) is 2.51. The number of carbonyl (C=O) groups is 1. The maximum absolute atomic E-state index is 12.8. The van der Waals surface area contributed by atoms with Crippen LogP contribution in [0, 0.1) is 17.0 Å². The minimum absolute atomic E-state index is 0.0272. The van der Waals surface area contributed by atoms with E-state index >= 15 is 0 Å². The van der Waals surface area contributed by atoms with Gasteiger partial charge in [-0.25, -0.2) is 9.88 Å². The second-order valence-electron chi connectivity index (χ2n) is 5.43. The number of aromatic nitrogens is 1. The fourth-order valence-corrected chi connectivity index (χ4v) is 3.82. The van der Waals surface area contributed by atoms with E-state index in [4.69, 9.17) is 12.2 Å². The number of rotatable bonds is 3. The molecule has 1 aliphatic rings. The van der Waals surface area contributed by atoms with Crippen molar-refractivity contribution < 1.29 is 9.72 Å². The highest BCUT2D eigenvalue weighted by Gasteiger charge is 2.36. The number of anilines is 1. The molecule has 0 saturated carbocycles. The molecule has 25 heavy (non-hydrogen) atoms. The predicted octanol–water partition coefficient (Wildman–Crippen LogP) is 4.09. The summed E-state index contributed by atoms with van der Waals surface area (Å²) in [4.78, 5) is 29.6. The third-order valence-electron chi connectivity index (χ3n) is 3.74. The molecule has 6 nitrogen and oxygen atoms in total.